The zero-order valence-corrected chi connectivity index (χ0v) is 18.9. The van der Waals surface area contributed by atoms with Crippen LogP contribution in [-0.4, -0.2) is 66.4 Å². The number of carbonyl (C=O) groups is 1. The predicted octanol–water partition coefficient (Wildman–Crippen LogP) is 4.18. The Kier molecular flexibility index (Phi) is 7.12. The molecule has 0 bridgehead atoms. The molecule has 2 aromatic carbocycles. The van der Waals surface area contributed by atoms with Crippen molar-refractivity contribution in [2.75, 3.05) is 38.7 Å². The van der Waals surface area contributed by atoms with Gasteiger partial charge in [0, 0.05) is 36.8 Å². The van der Waals surface area contributed by atoms with Gasteiger partial charge in [-0.25, -0.2) is 4.79 Å². The van der Waals surface area contributed by atoms with Gasteiger partial charge in [0.25, 0.3) is 0 Å². The molecule has 32 heavy (non-hydrogen) atoms. The summed E-state index contributed by atoms with van der Waals surface area (Å²) in [6.45, 7) is 4.51. The third-order valence-electron chi connectivity index (χ3n) is 6.68. The van der Waals surface area contributed by atoms with E-state index in [0.29, 0.717) is 6.54 Å². The highest BCUT2D eigenvalue weighted by molar-refractivity contribution is 5.89. The average Bonchev–Trinajstić information content (AvgIpc) is 2.79. The van der Waals surface area contributed by atoms with Gasteiger partial charge in [-0.15, -0.1) is 0 Å². The topological polar surface area (TPSA) is 65.0 Å². The molecule has 2 aromatic rings. The zero-order chi connectivity index (χ0) is 22.5. The smallest absolute Gasteiger partial charge is 0.321 e. The van der Waals surface area contributed by atoms with E-state index >= 15 is 0 Å². The number of nitrogens with one attached hydrogen (secondary N) is 1. The monoisotopic (exact) mass is 435 g/mol. The molecular formula is C26H33N3O3. The number of hydrogen-bond acceptors (Lipinski definition) is 4. The van der Waals surface area contributed by atoms with E-state index in [1.165, 1.54) is 11.1 Å². The van der Waals surface area contributed by atoms with Gasteiger partial charge in [0.15, 0.2) is 0 Å². The molecule has 170 valence electrons. The highest BCUT2D eigenvalue weighted by Crippen LogP contribution is 2.42. The maximum Gasteiger partial charge on any atom is 0.321 e. The minimum Gasteiger partial charge on any atom is -0.497 e. The van der Waals surface area contributed by atoms with Crippen molar-refractivity contribution in [3.63, 3.8) is 0 Å². The third kappa shape index (κ3) is 4.66. The van der Waals surface area contributed by atoms with Gasteiger partial charge in [-0.05, 0) is 61.7 Å². The van der Waals surface area contributed by atoms with Crippen LogP contribution in [0.3, 0.4) is 0 Å². The molecule has 0 saturated carbocycles. The number of ether oxygens (including phenoxy) is 1. The van der Waals surface area contributed by atoms with Crippen LogP contribution < -0.4 is 10.1 Å². The summed E-state index contributed by atoms with van der Waals surface area (Å²) >= 11 is 0. The lowest BCUT2D eigenvalue weighted by atomic mass is 9.74. The molecule has 0 aliphatic carbocycles. The molecule has 2 heterocycles. The summed E-state index contributed by atoms with van der Waals surface area (Å²) in [5.41, 5.74) is 3.16. The number of aliphatic hydroxyl groups excluding tert-OH is 1. The quantitative estimate of drug-likeness (QED) is 0.739. The first-order valence-electron chi connectivity index (χ1n) is 11.4. The second kappa shape index (κ2) is 10.2. The summed E-state index contributed by atoms with van der Waals surface area (Å²) in [7, 11) is 1.63. The van der Waals surface area contributed by atoms with Crippen LogP contribution in [0, 0.1) is 0 Å². The molecule has 2 fully saturated rings. The number of amides is 2. The highest BCUT2D eigenvalue weighted by atomic mass is 16.5. The standard InChI is InChI=1S/C26H33N3O3/c1-3-6-19-7-9-20(10-8-19)25-23-17-28(15-4-5-16-29(23)24(25)18-30)26(31)27-21-11-13-22(32-2)14-12-21/h3,6-14,23-25,30H,4-5,15-18H2,1-2H3,(H,27,31)/b6-3+/t23-,24-,25+/m1/s1. The summed E-state index contributed by atoms with van der Waals surface area (Å²) in [5.74, 6) is 0.978. The Morgan fingerprint density at radius 1 is 1.12 bits per heavy atom. The summed E-state index contributed by atoms with van der Waals surface area (Å²) in [6.07, 6.45) is 6.10. The molecule has 6 heteroatoms. The lowest BCUT2D eigenvalue weighted by molar-refractivity contribution is -0.0585. The van der Waals surface area contributed by atoms with Crippen LogP contribution in [-0.2, 0) is 0 Å². The van der Waals surface area contributed by atoms with Crippen molar-refractivity contribution in [2.24, 2.45) is 0 Å². The van der Waals surface area contributed by atoms with Crippen molar-refractivity contribution in [3.05, 3.63) is 65.7 Å². The Labute approximate surface area is 190 Å². The number of benzene rings is 2. The molecule has 0 unspecified atom stereocenters. The van der Waals surface area contributed by atoms with Gasteiger partial charge in [-0.1, -0.05) is 36.4 Å². The van der Waals surface area contributed by atoms with Crippen molar-refractivity contribution in [3.8, 4) is 5.75 Å². The van der Waals surface area contributed by atoms with Crippen molar-refractivity contribution in [1.29, 1.82) is 0 Å². The number of allylic oxidation sites excluding steroid dienone is 1. The van der Waals surface area contributed by atoms with Gasteiger partial charge >= 0.3 is 6.03 Å². The fraction of sp³-hybridized carbons (Fsp3) is 0.423. The van der Waals surface area contributed by atoms with Gasteiger partial charge < -0.3 is 20.1 Å². The van der Waals surface area contributed by atoms with Crippen LogP contribution in [0.1, 0.15) is 36.8 Å². The Bertz CT molecular complexity index is 926. The Hall–Kier alpha value is -2.83. The van der Waals surface area contributed by atoms with Crippen molar-refractivity contribution < 1.29 is 14.6 Å². The van der Waals surface area contributed by atoms with E-state index in [1.54, 1.807) is 7.11 Å². The van der Waals surface area contributed by atoms with Crippen LogP contribution in [0.4, 0.5) is 10.5 Å². The second-order valence-corrected chi connectivity index (χ2v) is 8.56. The molecule has 0 aromatic heterocycles. The predicted molar refractivity (Wildman–Crippen MR) is 128 cm³/mol. The zero-order valence-electron chi connectivity index (χ0n) is 18.9. The van der Waals surface area contributed by atoms with Gasteiger partial charge in [0.1, 0.15) is 5.75 Å². The molecule has 2 aliphatic rings. The van der Waals surface area contributed by atoms with Crippen LogP contribution in [0.2, 0.25) is 0 Å². The van der Waals surface area contributed by atoms with Crippen molar-refractivity contribution in [1.82, 2.24) is 9.80 Å². The van der Waals surface area contributed by atoms with E-state index in [9.17, 15) is 9.90 Å². The van der Waals surface area contributed by atoms with E-state index in [0.717, 1.165) is 37.4 Å². The lowest BCUT2D eigenvalue weighted by Gasteiger charge is -2.57. The number of hydrogen-bond donors (Lipinski definition) is 2. The molecule has 0 radical (unpaired) electrons. The SMILES string of the molecule is C/C=C/c1ccc([C@@H]2[C@@H](CO)N3CCCCN(C(=O)Nc4ccc(OC)cc4)C[C@H]23)cc1. The number of urea groups is 1. The van der Waals surface area contributed by atoms with Crippen LogP contribution >= 0.6 is 0 Å². The Balaban J connectivity index is 1.50. The van der Waals surface area contributed by atoms with E-state index in [2.05, 4.69) is 40.6 Å². The lowest BCUT2D eigenvalue weighted by Crippen LogP contribution is -2.68. The van der Waals surface area contributed by atoms with E-state index in [4.69, 9.17) is 4.74 Å². The number of fused-ring (bicyclic) bond motifs is 1. The van der Waals surface area contributed by atoms with Crippen molar-refractivity contribution in [2.45, 2.75) is 37.8 Å². The maximum atomic E-state index is 13.1. The summed E-state index contributed by atoms with van der Waals surface area (Å²) < 4.78 is 5.20. The largest absolute Gasteiger partial charge is 0.497 e. The fourth-order valence-electron chi connectivity index (χ4n) is 5.02. The molecule has 4 rings (SSSR count). The van der Waals surface area contributed by atoms with Gasteiger partial charge in [0.05, 0.1) is 13.7 Å². The maximum absolute atomic E-state index is 13.1. The highest BCUT2D eigenvalue weighted by Gasteiger charge is 2.49. The number of carbonyl (C=O) groups excluding carboxylic acids is 1. The summed E-state index contributed by atoms with van der Waals surface area (Å²) in [4.78, 5) is 17.4. The first-order valence-corrected chi connectivity index (χ1v) is 11.4. The molecular weight excluding hydrogens is 402 g/mol. The molecule has 2 amide bonds. The van der Waals surface area contributed by atoms with Gasteiger partial charge in [0.2, 0.25) is 0 Å². The van der Waals surface area contributed by atoms with Gasteiger partial charge in [-0.2, -0.15) is 0 Å². The molecule has 2 saturated heterocycles. The number of methoxy groups -OCH3 is 1. The first-order chi connectivity index (χ1) is 15.6. The number of nitrogens with zero attached hydrogens (tertiary/aromatic N) is 2. The molecule has 0 spiro atoms. The van der Waals surface area contributed by atoms with Crippen LogP contribution in [0.5, 0.6) is 5.75 Å². The Morgan fingerprint density at radius 3 is 2.50 bits per heavy atom. The first kappa shape index (κ1) is 22.4. The molecule has 2 aliphatic heterocycles. The fourth-order valence-corrected chi connectivity index (χ4v) is 5.02. The van der Waals surface area contributed by atoms with Crippen molar-refractivity contribution >= 4 is 17.8 Å². The molecule has 6 nitrogen and oxygen atoms in total. The van der Waals surface area contributed by atoms with Crippen LogP contribution in [0.25, 0.3) is 6.08 Å². The second-order valence-electron chi connectivity index (χ2n) is 8.56. The number of rotatable bonds is 5. The summed E-state index contributed by atoms with van der Waals surface area (Å²) in [6, 6.07) is 16.2. The number of aliphatic hydroxyl groups is 1. The molecule has 2 N–H and O–H groups in total. The summed E-state index contributed by atoms with van der Waals surface area (Å²) in [5, 5.41) is 13.1. The van der Waals surface area contributed by atoms with E-state index in [1.807, 2.05) is 42.2 Å². The number of anilines is 1. The third-order valence-corrected chi connectivity index (χ3v) is 6.68. The minimum absolute atomic E-state index is 0.0772. The van der Waals surface area contributed by atoms with Gasteiger partial charge in [-0.3, -0.25) is 4.90 Å². The minimum atomic E-state index is -0.0772. The normalized spacial score (nSPS) is 23.7. The van der Waals surface area contributed by atoms with E-state index < -0.39 is 0 Å². The van der Waals surface area contributed by atoms with E-state index in [-0.39, 0.29) is 30.6 Å². The average molecular weight is 436 g/mol. The Morgan fingerprint density at radius 2 is 1.84 bits per heavy atom. The van der Waals surface area contributed by atoms with Crippen LogP contribution in [0.15, 0.2) is 54.6 Å². The molecule has 3 atom stereocenters.